The maximum atomic E-state index is 12.8. The Hall–Kier alpha value is -2.62. The van der Waals surface area contributed by atoms with Crippen molar-refractivity contribution in [2.75, 3.05) is 6.54 Å². The number of benzene rings is 2. The second-order valence-corrected chi connectivity index (χ2v) is 5.97. The van der Waals surface area contributed by atoms with E-state index in [4.69, 9.17) is 0 Å². The lowest BCUT2D eigenvalue weighted by molar-refractivity contribution is -0.141. The highest BCUT2D eigenvalue weighted by atomic mass is 16.2. The van der Waals surface area contributed by atoms with E-state index < -0.39 is 6.04 Å². The van der Waals surface area contributed by atoms with E-state index in [9.17, 15) is 9.59 Å². The monoisotopic (exact) mass is 338 g/mol. The molecule has 1 atom stereocenters. The van der Waals surface area contributed by atoms with Gasteiger partial charge in [-0.1, -0.05) is 67.6 Å². The normalized spacial score (nSPS) is 11.6. The molecule has 4 nitrogen and oxygen atoms in total. The lowest BCUT2D eigenvalue weighted by Gasteiger charge is -2.31. The second kappa shape index (κ2) is 9.62. The van der Waals surface area contributed by atoms with Crippen molar-refractivity contribution in [2.24, 2.45) is 0 Å². The molecule has 132 valence electrons. The molecule has 0 saturated carbocycles. The lowest BCUT2D eigenvalue weighted by Crippen LogP contribution is -2.43. The molecule has 0 radical (unpaired) electrons. The molecule has 1 N–H and O–H groups in total. The van der Waals surface area contributed by atoms with Crippen molar-refractivity contribution in [3.05, 3.63) is 71.8 Å². The summed E-state index contributed by atoms with van der Waals surface area (Å²) in [6, 6.07) is 18.7. The second-order valence-electron chi connectivity index (χ2n) is 5.97. The minimum absolute atomic E-state index is 0.00791. The van der Waals surface area contributed by atoms with Gasteiger partial charge >= 0.3 is 0 Å². The number of hydrogen-bond donors (Lipinski definition) is 1. The van der Waals surface area contributed by atoms with Crippen LogP contribution in [0, 0.1) is 0 Å². The third-order valence-corrected chi connectivity index (χ3v) is 4.01. The van der Waals surface area contributed by atoms with Crippen LogP contribution in [0.4, 0.5) is 0 Å². The van der Waals surface area contributed by atoms with Crippen molar-refractivity contribution in [3.8, 4) is 0 Å². The van der Waals surface area contributed by atoms with Gasteiger partial charge in [0, 0.05) is 19.5 Å². The number of carbonyl (C=O) groups excluding carboxylic acids is 2. The Morgan fingerprint density at radius 2 is 1.56 bits per heavy atom. The summed E-state index contributed by atoms with van der Waals surface area (Å²) in [5, 5.41) is 2.87. The molecular formula is C21H26N2O2. The van der Waals surface area contributed by atoms with Crippen LogP contribution in [0.15, 0.2) is 60.7 Å². The molecule has 0 bridgehead atoms. The van der Waals surface area contributed by atoms with Crippen LogP contribution in [0.1, 0.15) is 43.9 Å². The van der Waals surface area contributed by atoms with Crippen molar-refractivity contribution in [1.29, 1.82) is 0 Å². The van der Waals surface area contributed by atoms with Gasteiger partial charge < -0.3 is 10.2 Å². The van der Waals surface area contributed by atoms with E-state index in [0.717, 1.165) is 17.5 Å². The van der Waals surface area contributed by atoms with E-state index in [1.54, 1.807) is 4.90 Å². The molecule has 2 aromatic rings. The molecule has 4 heteroatoms. The molecule has 0 fully saturated rings. The van der Waals surface area contributed by atoms with Crippen molar-refractivity contribution in [1.82, 2.24) is 10.2 Å². The van der Waals surface area contributed by atoms with Gasteiger partial charge in [0.15, 0.2) is 0 Å². The molecule has 25 heavy (non-hydrogen) atoms. The van der Waals surface area contributed by atoms with Gasteiger partial charge in [-0.15, -0.1) is 0 Å². The standard InChI is InChI=1S/C21H26N2O2/c1-3-11-19(24)23(16-17-12-7-5-8-13-17)20(21(25)22-4-2)18-14-9-6-10-15-18/h5-10,12-15,20H,3-4,11,16H2,1-2H3,(H,22,25)/t20-/m1/s1. The number of amides is 2. The zero-order chi connectivity index (χ0) is 18.1. The van der Waals surface area contributed by atoms with E-state index >= 15 is 0 Å². The first-order valence-electron chi connectivity index (χ1n) is 8.83. The Bertz CT molecular complexity index is 671. The maximum absolute atomic E-state index is 12.8. The first kappa shape index (κ1) is 18.7. The predicted molar refractivity (Wildman–Crippen MR) is 99.8 cm³/mol. The molecule has 2 amide bonds. The van der Waals surface area contributed by atoms with Gasteiger partial charge in [-0.3, -0.25) is 9.59 Å². The van der Waals surface area contributed by atoms with Crippen molar-refractivity contribution < 1.29 is 9.59 Å². The summed E-state index contributed by atoms with van der Waals surface area (Å²) in [6.45, 7) is 4.80. The van der Waals surface area contributed by atoms with Gasteiger partial charge in [0.25, 0.3) is 0 Å². The average molecular weight is 338 g/mol. The number of carbonyl (C=O) groups is 2. The van der Waals surface area contributed by atoms with Crippen molar-refractivity contribution in [3.63, 3.8) is 0 Å². The Morgan fingerprint density at radius 3 is 2.12 bits per heavy atom. The Morgan fingerprint density at radius 1 is 0.960 bits per heavy atom. The Kier molecular flexibility index (Phi) is 7.20. The minimum atomic E-state index is -0.625. The summed E-state index contributed by atoms with van der Waals surface area (Å²) in [6.07, 6.45) is 1.18. The highest BCUT2D eigenvalue weighted by Gasteiger charge is 2.30. The number of hydrogen-bond acceptors (Lipinski definition) is 2. The van der Waals surface area contributed by atoms with Crippen LogP contribution in [0.25, 0.3) is 0 Å². The maximum Gasteiger partial charge on any atom is 0.247 e. The van der Waals surface area contributed by atoms with Crippen molar-refractivity contribution in [2.45, 2.75) is 39.3 Å². The van der Waals surface area contributed by atoms with Gasteiger partial charge in [0.2, 0.25) is 11.8 Å². The third-order valence-electron chi connectivity index (χ3n) is 4.01. The molecule has 0 unspecified atom stereocenters. The van der Waals surface area contributed by atoms with Crippen LogP contribution >= 0.6 is 0 Å². The summed E-state index contributed by atoms with van der Waals surface area (Å²) >= 11 is 0. The Balaban J connectivity index is 2.40. The predicted octanol–water partition coefficient (Wildman–Crippen LogP) is 3.69. The van der Waals surface area contributed by atoms with E-state index in [1.165, 1.54) is 0 Å². The quantitative estimate of drug-likeness (QED) is 0.798. The number of nitrogens with zero attached hydrogens (tertiary/aromatic N) is 1. The first-order chi connectivity index (χ1) is 12.2. The lowest BCUT2D eigenvalue weighted by atomic mass is 10.0. The van der Waals surface area contributed by atoms with E-state index in [2.05, 4.69) is 5.32 Å². The summed E-state index contributed by atoms with van der Waals surface area (Å²) < 4.78 is 0. The highest BCUT2D eigenvalue weighted by Crippen LogP contribution is 2.24. The molecule has 2 aromatic carbocycles. The summed E-state index contributed by atoms with van der Waals surface area (Å²) in [7, 11) is 0. The van der Waals surface area contributed by atoms with Crippen molar-refractivity contribution >= 4 is 11.8 Å². The highest BCUT2D eigenvalue weighted by molar-refractivity contribution is 5.88. The van der Waals surface area contributed by atoms with Gasteiger partial charge in [0.1, 0.15) is 6.04 Å². The fourth-order valence-corrected chi connectivity index (χ4v) is 2.84. The van der Waals surface area contributed by atoms with Crippen LogP contribution < -0.4 is 5.32 Å². The third kappa shape index (κ3) is 5.18. The zero-order valence-corrected chi connectivity index (χ0v) is 14.9. The first-order valence-corrected chi connectivity index (χ1v) is 8.83. The molecule has 0 spiro atoms. The Labute approximate surface area is 149 Å². The van der Waals surface area contributed by atoms with Gasteiger partial charge in [-0.25, -0.2) is 0 Å². The largest absolute Gasteiger partial charge is 0.354 e. The van der Waals surface area contributed by atoms with Crippen LogP contribution in [0.5, 0.6) is 0 Å². The van der Waals surface area contributed by atoms with Gasteiger partial charge in [0.05, 0.1) is 0 Å². The van der Waals surface area contributed by atoms with Gasteiger partial charge in [-0.05, 0) is 24.5 Å². The molecule has 0 saturated heterocycles. The molecule has 0 heterocycles. The number of rotatable bonds is 8. The van der Waals surface area contributed by atoms with Crippen LogP contribution in [0.2, 0.25) is 0 Å². The minimum Gasteiger partial charge on any atom is -0.354 e. The number of likely N-dealkylation sites (N-methyl/N-ethyl adjacent to an activating group) is 1. The van der Waals surface area contributed by atoms with E-state index in [-0.39, 0.29) is 11.8 Å². The smallest absolute Gasteiger partial charge is 0.247 e. The van der Waals surface area contributed by atoms with Crippen LogP contribution in [0.3, 0.4) is 0 Å². The summed E-state index contributed by atoms with van der Waals surface area (Å²) in [5.41, 5.74) is 1.84. The summed E-state index contributed by atoms with van der Waals surface area (Å²) in [4.78, 5) is 27.3. The molecule has 2 rings (SSSR count). The van der Waals surface area contributed by atoms with Crippen LogP contribution in [-0.4, -0.2) is 23.3 Å². The molecule has 0 aromatic heterocycles. The SMILES string of the molecule is CCCC(=O)N(Cc1ccccc1)[C@@H](C(=O)NCC)c1ccccc1. The van der Waals surface area contributed by atoms with Gasteiger partial charge in [-0.2, -0.15) is 0 Å². The molecule has 0 aliphatic rings. The topological polar surface area (TPSA) is 49.4 Å². The molecule has 0 aliphatic heterocycles. The van der Waals surface area contributed by atoms with Crippen LogP contribution in [-0.2, 0) is 16.1 Å². The van der Waals surface area contributed by atoms with E-state index in [1.807, 2.05) is 74.5 Å². The molecular weight excluding hydrogens is 312 g/mol. The fourth-order valence-electron chi connectivity index (χ4n) is 2.84. The number of nitrogens with one attached hydrogen (secondary N) is 1. The zero-order valence-electron chi connectivity index (χ0n) is 14.9. The molecule has 0 aliphatic carbocycles. The fraction of sp³-hybridized carbons (Fsp3) is 0.333. The summed E-state index contributed by atoms with van der Waals surface area (Å²) in [5.74, 6) is -0.152. The average Bonchev–Trinajstić information content (AvgIpc) is 2.63. The van der Waals surface area contributed by atoms with E-state index in [0.29, 0.717) is 19.5 Å².